The van der Waals surface area contributed by atoms with Gasteiger partial charge >= 0.3 is 5.97 Å². The van der Waals surface area contributed by atoms with Crippen molar-refractivity contribution in [1.82, 2.24) is 14.6 Å². The highest BCUT2D eigenvalue weighted by Crippen LogP contribution is 2.43. The lowest BCUT2D eigenvalue weighted by atomic mass is 9.94. The summed E-state index contributed by atoms with van der Waals surface area (Å²) in [5.41, 5.74) is 5.68. The van der Waals surface area contributed by atoms with Gasteiger partial charge in [0, 0.05) is 24.9 Å². The van der Waals surface area contributed by atoms with Gasteiger partial charge in [0.15, 0.2) is 26.9 Å². The second-order valence-corrected chi connectivity index (χ2v) is 19.8. The van der Waals surface area contributed by atoms with Crippen LogP contribution < -0.4 is 24.8 Å². The number of hydrogen-bond acceptors (Lipinski definition) is 11. The molecule has 0 saturated heterocycles. The SMILES string of the molecule is COC(=O)C(Cc1ccc(-c2ccc(Cl)cc2)cc1)NC(=O)[C@@H]1Cc2cc3c(cc2CN1S(=O)(=O)c1sc(NC(C)=O)nc1C)O[C@@H](c1ccc(OCc2ccc(Cl)c(Cl)c2)cc1)CO3. The van der Waals surface area contributed by atoms with Crippen molar-refractivity contribution in [1.29, 1.82) is 0 Å². The van der Waals surface area contributed by atoms with Gasteiger partial charge in [0.2, 0.25) is 11.8 Å². The Hall–Kier alpha value is -5.68. The molecule has 1 unspecified atom stereocenters. The lowest BCUT2D eigenvalue weighted by Gasteiger charge is -2.36. The molecule has 3 heterocycles. The first-order chi connectivity index (χ1) is 31.1. The number of anilines is 1. The highest BCUT2D eigenvalue weighted by Gasteiger charge is 2.43. The second kappa shape index (κ2) is 19.4. The van der Waals surface area contributed by atoms with Crippen molar-refractivity contribution in [3.63, 3.8) is 0 Å². The van der Waals surface area contributed by atoms with E-state index in [2.05, 4.69) is 15.6 Å². The highest BCUT2D eigenvalue weighted by atomic mass is 35.5. The summed E-state index contributed by atoms with van der Waals surface area (Å²) < 4.78 is 54.1. The minimum absolute atomic E-state index is 0.0652. The monoisotopic (exact) mass is 974 g/mol. The maximum atomic E-state index is 14.7. The summed E-state index contributed by atoms with van der Waals surface area (Å²) >= 11 is 19.0. The zero-order valence-corrected chi connectivity index (χ0v) is 39.0. The molecule has 0 radical (unpaired) electrons. The molecule has 13 nitrogen and oxygen atoms in total. The molecule has 65 heavy (non-hydrogen) atoms. The highest BCUT2D eigenvalue weighted by molar-refractivity contribution is 7.91. The molecule has 336 valence electrons. The lowest BCUT2D eigenvalue weighted by Crippen LogP contribution is -2.56. The lowest BCUT2D eigenvalue weighted by molar-refractivity contribution is -0.145. The smallest absolute Gasteiger partial charge is 0.328 e. The number of halogens is 3. The first kappa shape index (κ1) is 45.9. The van der Waals surface area contributed by atoms with E-state index in [1.54, 1.807) is 36.4 Å². The summed E-state index contributed by atoms with van der Waals surface area (Å²) in [5.74, 6) is -0.373. The molecule has 0 aliphatic carbocycles. The zero-order chi connectivity index (χ0) is 46.0. The predicted molar refractivity (Wildman–Crippen MR) is 248 cm³/mol. The number of ether oxygens (including phenoxy) is 4. The van der Waals surface area contributed by atoms with Crippen molar-refractivity contribution in [2.24, 2.45) is 0 Å². The van der Waals surface area contributed by atoms with Crippen LogP contribution in [-0.2, 0) is 55.1 Å². The Morgan fingerprint density at radius 2 is 1.55 bits per heavy atom. The van der Waals surface area contributed by atoms with Crippen LogP contribution in [0.1, 0.15) is 46.5 Å². The molecule has 2 aliphatic rings. The van der Waals surface area contributed by atoms with Crippen LogP contribution in [-0.4, -0.2) is 61.3 Å². The van der Waals surface area contributed by atoms with Crippen molar-refractivity contribution in [2.75, 3.05) is 19.0 Å². The molecule has 0 bridgehead atoms. The van der Waals surface area contributed by atoms with Crippen molar-refractivity contribution in [2.45, 2.75) is 62.2 Å². The fourth-order valence-corrected chi connectivity index (χ4v) is 11.2. The fraction of sp³-hybridized carbons (Fsp3) is 0.234. The number of benzene rings is 5. The van der Waals surface area contributed by atoms with Gasteiger partial charge in [-0.1, -0.05) is 101 Å². The Balaban J connectivity index is 1.04. The predicted octanol–water partition coefficient (Wildman–Crippen LogP) is 9.14. The van der Waals surface area contributed by atoms with Gasteiger partial charge < -0.3 is 29.6 Å². The standard InChI is InChI=1S/C47H41Cl3N4O9S2/c1-26-46(64-47(51-26)52-27(2)55)65(58,59)54-23-34-22-42-41(62-25-43(63-42)32-11-15-36(16-12-32)61-24-29-6-17-37(49)38(50)18-29)21-33(34)20-40(54)44(56)53-39(45(57)60-3)19-28-4-7-30(8-5-28)31-9-13-35(48)14-10-31/h4-18,21-22,39-40,43H,19-20,23-25H2,1-3H3,(H,53,56)(H,51,52,55)/t39?,40-,43+/m0/s1. The van der Waals surface area contributed by atoms with Gasteiger partial charge in [0.25, 0.3) is 10.0 Å². The van der Waals surface area contributed by atoms with Crippen molar-refractivity contribution >= 4 is 79.1 Å². The van der Waals surface area contributed by atoms with Gasteiger partial charge in [0.1, 0.15) is 31.0 Å². The molecule has 0 saturated carbocycles. The molecule has 8 rings (SSSR count). The first-order valence-electron chi connectivity index (χ1n) is 20.3. The molecule has 5 aromatic carbocycles. The summed E-state index contributed by atoms with van der Waals surface area (Å²) in [6.45, 7) is 3.05. The number of methoxy groups -OCH3 is 1. The van der Waals surface area contributed by atoms with Crippen molar-refractivity contribution in [3.8, 4) is 28.4 Å². The van der Waals surface area contributed by atoms with E-state index in [0.717, 1.165) is 43.5 Å². The Kier molecular flexibility index (Phi) is 13.7. The number of rotatable bonds is 13. The topological polar surface area (TPSA) is 162 Å². The number of nitrogens with zero attached hydrogens (tertiary/aromatic N) is 2. The summed E-state index contributed by atoms with van der Waals surface area (Å²) in [5, 5.41) is 6.97. The molecular formula is C47H41Cl3N4O9S2. The van der Waals surface area contributed by atoms with Gasteiger partial charge in [0.05, 0.1) is 22.8 Å². The molecule has 6 aromatic rings. The van der Waals surface area contributed by atoms with Gasteiger partial charge in [-0.2, -0.15) is 4.31 Å². The normalized spacial score (nSPS) is 16.2. The fourth-order valence-electron chi connectivity index (χ4n) is 7.59. The number of fused-ring (bicyclic) bond motifs is 2. The third kappa shape index (κ3) is 10.4. The first-order valence-corrected chi connectivity index (χ1v) is 23.7. The van der Waals surface area contributed by atoms with Gasteiger partial charge in [-0.25, -0.2) is 18.2 Å². The van der Waals surface area contributed by atoms with Crippen LogP contribution in [0, 0.1) is 6.92 Å². The Morgan fingerprint density at radius 1 is 0.877 bits per heavy atom. The number of thiazole rings is 1. The van der Waals surface area contributed by atoms with Gasteiger partial charge in [-0.15, -0.1) is 0 Å². The number of aryl methyl sites for hydroxylation is 1. The molecule has 2 amide bonds. The van der Waals surface area contributed by atoms with E-state index < -0.39 is 46.0 Å². The van der Waals surface area contributed by atoms with E-state index in [9.17, 15) is 22.8 Å². The number of carbonyl (C=O) groups is 3. The van der Waals surface area contributed by atoms with E-state index in [1.165, 1.54) is 21.0 Å². The maximum Gasteiger partial charge on any atom is 0.328 e. The average molecular weight is 976 g/mol. The number of sulfonamides is 1. The minimum Gasteiger partial charge on any atom is -0.489 e. The molecule has 3 atom stereocenters. The largest absolute Gasteiger partial charge is 0.489 e. The molecule has 2 N–H and O–H groups in total. The van der Waals surface area contributed by atoms with E-state index >= 15 is 0 Å². The molecule has 0 fully saturated rings. The number of esters is 1. The quantitative estimate of drug-likeness (QED) is 0.107. The van der Waals surface area contributed by atoms with Crippen LogP contribution in [0.4, 0.5) is 5.13 Å². The summed E-state index contributed by atoms with van der Waals surface area (Å²) in [4.78, 5) is 43.9. The zero-order valence-electron chi connectivity index (χ0n) is 35.1. The third-order valence-corrected chi connectivity index (χ3v) is 15.4. The number of amides is 2. The van der Waals surface area contributed by atoms with Crippen molar-refractivity contribution < 1.29 is 41.7 Å². The second-order valence-electron chi connectivity index (χ2n) is 15.4. The van der Waals surface area contributed by atoms with Crippen LogP contribution >= 0.6 is 46.1 Å². The Morgan fingerprint density at radius 3 is 2.23 bits per heavy atom. The molecule has 0 spiro atoms. The number of aromatic nitrogens is 1. The number of carbonyl (C=O) groups excluding carboxylic acids is 3. The number of nitrogens with one attached hydrogen (secondary N) is 2. The minimum atomic E-state index is -4.45. The molecular weight excluding hydrogens is 935 g/mol. The van der Waals surface area contributed by atoms with Crippen LogP contribution in [0.5, 0.6) is 17.2 Å². The Bertz CT molecular complexity index is 2880. The van der Waals surface area contributed by atoms with Crippen molar-refractivity contribution in [3.05, 3.63) is 152 Å². The van der Waals surface area contributed by atoms with Crippen LogP contribution in [0.2, 0.25) is 15.1 Å². The molecule has 1 aromatic heterocycles. The van der Waals surface area contributed by atoms with E-state index in [4.69, 9.17) is 53.8 Å². The molecule has 18 heteroatoms. The van der Waals surface area contributed by atoms with Gasteiger partial charge in [-0.05, 0) is 101 Å². The van der Waals surface area contributed by atoms with Gasteiger partial charge in [-0.3, -0.25) is 9.59 Å². The Labute approximate surface area is 394 Å². The van der Waals surface area contributed by atoms with E-state index in [0.29, 0.717) is 50.1 Å². The van der Waals surface area contributed by atoms with E-state index in [-0.39, 0.29) is 41.0 Å². The van der Waals surface area contributed by atoms with Crippen LogP contribution in [0.3, 0.4) is 0 Å². The summed E-state index contributed by atoms with van der Waals surface area (Å²) in [6.07, 6.45) is -0.496. The third-order valence-electron chi connectivity index (χ3n) is 10.9. The summed E-state index contributed by atoms with van der Waals surface area (Å²) in [7, 11) is -3.23. The van der Waals surface area contributed by atoms with Crippen LogP contribution in [0.15, 0.2) is 107 Å². The average Bonchev–Trinajstić information content (AvgIpc) is 3.67. The summed E-state index contributed by atoms with van der Waals surface area (Å²) in [6, 6.07) is 28.6. The van der Waals surface area contributed by atoms with Crippen LogP contribution in [0.25, 0.3) is 11.1 Å². The molecule has 2 aliphatic heterocycles. The number of hydrogen-bond donors (Lipinski definition) is 2. The maximum absolute atomic E-state index is 14.7. The van der Waals surface area contributed by atoms with E-state index in [1.807, 2.05) is 66.7 Å².